The highest BCUT2D eigenvalue weighted by molar-refractivity contribution is 9.10. The standard InChI is InChI=1S/C14H21BrN2O2S/c1-9(2)17-20(18,19)13-7-11(6-10(3)14(13)15)8-16-12-4-5-12/h6-7,9,12,16-17H,4-5,8H2,1-3H3. The Labute approximate surface area is 129 Å². The van der Waals surface area contributed by atoms with Crippen molar-refractivity contribution in [3.05, 3.63) is 27.7 Å². The van der Waals surface area contributed by atoms with Gasteiger partial charge in [0.05, 0.1) is 4.90 Å². The molecule has 0 amide bonds. The topological polar surface area (TPSA) is 58.2 Å². The van der Waals surface area contributed by atoms with Crippen LogP contribution in [0.15, 0.2) is 21.5 Å². The fourth-order valence-electron chi connectivity index (χ4n) is 2.03. The zero-order valence-corrected chi connectivity index (χ0v) is 14.4. The first-order valence-electron chi connectivity index (χ1n) is 6.84. The smallest absolute Gasteiger partial charge is 0.241 e. The number of hydrogen-bond donors (Lipinski definition) is 2. The highest BCUT2D eigenvalue weighted by atomic mass is 79.9. The number of hydrogen-bond acceptors (Lipinski definition) is 3. The normalized spacial score (nSPS) is 15.8. The van der Waals surface area contributed by atoms with E-state index in [0.717, 1.165) is 11.1 Å². The number of rotatable bonds is 6. The number of nitrogens with one attached hydrogen (secondary N) is 2. The van der Waals surface area contributed by atoms with Gasteiger partial charge in [-0.1, -0.05) is 6.07 Å². The Hall–Kier alpha value is -0.430. The van der Waals surface area contributed by atoms with Crippen molar-refractivity contribution in [2.24, 2.45) is 0 Å². The van der Waals surface area contributed by atoms with Gasteiger partial charge in [0.25, 0.3) is 0 Å². The minimum Gasteiger partial charge on any atom is -0.310 e. The third-order valence-electron chi connectivity index (χ3n) is 3.13. The third-order valence-corrected chi connectivity index (χ3v) is 6.13. The Balaban J connectivity index is 2.30. The van der Waals surface area contributed by atoms with Crippen LogP contribution in [0.2, 0.25) is 0 Å². The summed E-state index contributed by atoms with van der Waals surface area (Å²) >= 11 is 3.39. The van der Waals surface area contributed by atoms with Crippen molar-refractivity contribution in [1.29, 1.82) is 0 Å². The summed E-state index contributed by atoms with van der Waals surface area (Å²) in [6.07, 6.45) is 2.44. The van der Waals surface area contributed by atoms with Crippen LogP contribution in [0.25, 0.3) is 0 Å². The molecule has 1 aliphatic carbocycles. The quantitative estimate of drug-likeness (QED) is 0.819. The molecule has 6 heteroatoms. The summed E-state index contributed by atoms with van der Waals surface area (Å²) in [5.41, 5.74) is 1.94. The molecule has 0 aromatic heterocycles. The van der Waals surface area contributed by atoms with Crippen molar-refractivity contribution >= 4 is 26.0 Å². The molecule has 0 aliphatic heterocycles. The fourth-order valence-corrected chi connectivity index (χ4v) is 4.35. The molecule has 112 valence electrons. The zero-order valence-electron chi connectivity index (χ0n) is 12.0. The monoisotopic (exact) mass is 360 g/mol. The molecule has 1 fully saturated rings. The van der Waals surface area contributed by atoms with Gasteiger partial charge in [0, 0.05) is 23.1 Å². The van der Waals surface area contributed by atoms with Crippen LogP contribution in [0.3, 0.4) is 0 Å². The lowest BCUT2D eigenvalue weighted by Gasteiger charge is -2.14. The molecular formula is C14H21BrN2O2S. The predicted octanol–water partition coefficient (Wildman–Crippen LogP) is 2.70. The molecule has 0 unspecified atom stereocenters. The summed E-state index contributed by atoms with van der Waals surface area (Å²) in [6, 6.07) is 4.25. The van der Waals surface area contributed by atoms with Crippen LogP contribution in [-0.2, 0) is 16.6 Å². The molecule has 0 spiro atoms. The molecule has 0 atom stereocenters. The minimum absolute atomic E-state index is 0.125. The summed E-state index contributed by atoms with van der Waals surface area (Å²) in [4.78, 5) is 0.318. The first-order valence-corrected chi connectivity index (χ1v) is 9.12. The largest absolute Gasteiger partial charge is 0.310 e. The Morgan fingerprint density at radius 2 is 2.00 bits per heavy atom. The second-order valence-electron chi connectivity index (χ2n) is 5.66. The summed E-state index contributed by atoms with van der Waals surface area (Å²) in [7, 11) is -3.48. The van der Waals surface area contributed by atoms with Gasteiger partial charge < -0.3 is 5.32 Å². The van der Waals surface area contributed by atoms with E-state index in [1.807, 2.05) is 26.8 Å². The third kappa shape index (κ3) is 4.04. The van der Waals surface area contributed by atoms with Crippen LogP contribution in [0.5, 0.6) is 0 Å². The minimum atomic E-state index is -3.48. The Kier molecular flexibility index (Phi) is 4.89. The van der Waals surface area contributed by atoms with Gasteiger partial charge in [0.1, 0.15) is 0 Å². The van der Waals surface area contributed by atoms with Gasteiger partial charge in [-0.25, -0.2) is 13.1 Å². The van der Waals surface area contributed by atoms with Crippen LogP contribution < -0.4 is 10.0 Å². The summed E-state index contributed by atoms with van der Waals surface area (Å²) < 4.78 is 28.0. The second-order valence-corrected chi connectivity index (χ2v) is 8.13. The molecule has 0 heterocycles. The van der Waals surface area contributed by atoms with E-state index in [1.165, 1.54) is 12.8 Å². The fraction of sp³-hybridized carbons (Fsp3) is 0.571. The maximum atomic E-state index is 12.4. The molecule has 2 N–H and O–H groups in total. The van der Waals surface area contributed by atoms with E-state index in [-0.39, 0.29) is 6.04 Å². The van der Waals surface area contributed by atoms with E-state index < -0.39 is 10.0 Å². The van der Waals surface area contributed by atoms with Crippen LogP contribution in [0.4, 0.5) is 0 Å². The highest BCUT2D eigenvalue weighted by Crippen LogP contribution is 2.28. The second kappa shape index (κ2) is 6.13. The van der Waals surface area contributed by atoms with E-state index >= 15 is 0 Å². The maximum absolute atomic E-state index is 12.4. The average Bonchev–Trinajstić information content (AvgIpc) is 3.12. The van der Waals surface area contributed by atoms with E-state index in [4.69, 9.17) is 0 Å². The Bertz CT molecular complexity index is 595. The molecule has 1 aromatic rings. The van der Waals surface area contributed by atoms with Gasteiger partial charge in [0.2, 0.25) is 10.0 Å². The lowest BCUT2D eigenvalue weighted by molar-refractivity contribution is 0.569. The molecule has 0 radical (unpaired) electrons. The number of aryl methyl sites for hydroxylation is 1. The Morgan fingerprint density at radius 1 is 1.35 bits per heavy atom. The van der Waals surface area contributed by atoms with Crippen LogP contribution in [0, 0.1) is 6.92 Å². The molecule has 0 bridgehead atoms. The van der Waals surface area contributed by atoms with Gasteiger partial charge in [-0.2, -0.15) is 0 Å². The van der Waals surface area contributed by atoms with Crippen molar-refractivity contribution in [3.8, 4) is 0 Å². The van der Waals surface area contributed by atoms with E-state index in [2.05, 4.69) is 26.0 Å². The molecule has 2 rings (SSSR count). The van der Waals surface area contributed by atoms with Gasteiger partial charge in [0.15, 0.2) is 0 Å². The number of benzene rings is 1. The van der Waals surface area contributed by atoms with Gasteiger partial charge in [-0.3, -0.25) is 0 Å². The van der Waals surface area contributed by atoms with Crippen LogP contribution >= 0.6 is 15.9 Å². The van der Waals surface area contributed by atoms with Crippen molar-refractivity contribution in [2.75, 3.05) is 0 Å². The van der Waals surface area contributed by atoms with Crippen LogP contribution in [-0.4, -0.2) is 20.5 Å². The van der Waals surface area contributed by atoms with E-state index in [1.54, 1.807) is 6.07 Å². The van der Waals surface area contributed by atoms with Crippen molar-refractivity contribution in [3.63, 3.8) is 0 Å². The maximum Gasteiger partial charge on any atom is 0.241 e. The molecular weight excluding hydrogens is 340 g/mol. The summed E-state index contributed by atoms with van der Waals surface area (Å²) in [5, 5.41) is 3.41. The highest BCUT2D eigenvalue weighted by Gasteiger charge is 2.23. The lowest BCUT2D eigenvalue weighted by Crippen LogP contribution is -2.30. The van der Waals surface area contributed by atoms with Crippen molar-refractivity contribution < 1.29 is 8.42 Å². The molecule has 0 saturated heterocycles. The van der Waals surface area contributed by atoms with E-state index in [0.29, 0.717) is 22.0 Å². The molecule has 20 heavy (non-hydrogen) atoms. The molecule has 1 aliphatic rings. The van der Waals surface area contributed by atoms with E-state index in [9.17, 15) is 8.42 Å². The van der Waals surface area contributed by atoms with Gasteiger partial charge in [-0.15, -0.1) is 0 Å². The molecule has 4 nitrogen and oxygen atoms in total. The molecule has 1 aromatic carbocycles. The lowest BCUT2D eigenvalue weighted by atomic mass is 10.1. The average molecular weight is 361 g/mol. The number of sulfonamides is 1. The zero-order chi connectivity index (χ0) is 14.9. The summed E-state index contributed by atoms with van der Waals surface area (Å²) in [6.45, 7) is 6.26. The predicted molar refractivity (Wildman–Crippen MR) is 84.2 cm³/mol. The van der Waals surface area contributed by atoms with Crippen LogP contribution in [0.1, 0.15) is 37.8 Å². The SMILES string of the molecule is Cc1cc(CNC2CC2)cc(S(=O)(=O)NC(C)C)c1Br. The first-order chi connectivity index (χ1) is 9.29. The number of halogens is 1. The van der Waals surface area contributed by atoms with Gasteiger partial charge >= 0.3 is 0 Å². The first kappa shape index (κ1) is 15.9. The van der Waals surface area contributed by atoms with Gasteiger partial charge in [-0.05, 0) is 66.7 Å². The van der Waals surface area contributed by atoms with Crippen molar-refractivity contribution in [2.45, 2.75) is 57.1 Å². The summed E-state index contributed by atoms with van der Waals surface area (Å²) in [5.74, 6) is 0. The molecule has 1 saturated carbocycles. The van der Waals surface area contributed by atoms with Crippen molar-refractivity contribution in [1.82, 2.24) is 10.0 Å². The Morgan fingerprint density at radius 3 is 2.55 bits per heavy atom.